The van der Waals surface area contributed by atoms with Crippen LogP contribution in [0.4, 0.5) is 0 Å². The van der Waals surface area contributed by atoms with Crippen LogP contribution < -0.4 is 0 Å². The molecule has 0 fully saturated rings. The summed E-state index contributed by atoms with van der Waals surface area (Å²) in [5.74, 6) is -0.884. The van der Waals surface area contributed by atoms with Gasteiger partial charge >= 0.3 is 11.9 Å². The Balaban J connectivity index is 2.29. The van der Waals surface area contributed by atoms with E-state index in [-0.39, 0.29) is 23.0 Å². The van der Waals surface area contributed by atoms with Gasteiger partial charge in [-0.25, -0.2) is 9.59 Å². The molecule has 270 valence electrons. The number of ether oxygens (including phenoxy) is 8. The molecule has 51 heavy (non-hydrogen) atoms. The Labute approximate surface area is 299 Å². The predicted octanol–water partition coefficient (Wildman–Crippen LogP) is 6.63. The molecule has 0 aromatic heterocycles. The van der Waals surface area contributed by atoms with E-state index in [0.29, 0.717) is 33.4 Å². The number of hydrogen-bond donors (Lipinski definition) is 0. The SMILES string of the molecule is C=CC(=O)OC1(C2(C3(OC(=O)C=C)C(OC)=C(OC)C(C)=C(C)C3OC)c3ccccc3-c3ccccc32)C(OC)=C(OC)C(C)=C(C)C1OC. The van der Waals surface area contributed by atoms with Gasteiger partial charge < -0.3 is 37.9 Å². The largest absolute Gasteiger partial charge is 0.493 e. The van der Waals surface area contributed by atoms with Gasteiger partial charge in [0, 0.05) is 26.4 Å². The molecule has 0 N–H and O–H groups in total. The number of hydrogen-bond acceptors (Lipinski definition) is 10. The van der Waals surface area contributed by atoms with Crippen LogP contribution in [0.5, 0.6) is 0 Å². The molecule has 0 saturated heterocycles. The van der Waals surface area contributed by atoms with Crippen molar-refractivity contribution in [1.29, 1.82) is 0 Å². The quantitative estimate of drug-likeness (QED) is 0.177. The normalized spacial score (nSPS) is 25.1. The van der Waals surface area contributed by atoms with Crippen LogP contribution in [0.15, 0.2) is 119 Å². The van der Waals surface area contributed by atoms with Crippen LogP contribution in [0, 0.1) is 0 Å². The van der Waals surface area contributed by atoms with Crippen molar-refractivity contribution in [1.82, 2.24) is 0 Å². The van der Waals surface area contributed by atoms with Crippen LogP contribution in [0.3, 0.4) is 0 Å². The maximum Gasteiger partial charge on any atom is 0.331 e. The van der Waals surface area contributed by atoms with E-state index in [2.05, 4.69) is 13.2 Å². The molecule has 10 nitrogen and oxygen atoms in total. The fraction of sp³-hybridized carbons (Fsp3) is 0.366. The third kappa shape index (κ3) is 4.69. The molecule has 0 radical (unpaired) electrons. The summed E-state index contributed by atoms with van der Waals surface area (Å²) in [4.78, 5) is 28.3. The molecule has 0 amide bonds. The summed E-state index contributed by atoms with van der Waals surface area (Å²) in [7, 11) is 8.98. The van der Waals surface area contributed by atoms with Gasteiger partial charge in [0.1, 0.15) is 17.6 Å². The first-order valence-electron chi connectivity index (χ1n) is 16.4. The van der Waals surface area contributed by atoms with Crippen molar-refractivity contribution in [2.45, 2.75) is 56.5 Å². The highest BCUT2D eigenvalue weighted by molar-refractivity contribution is 5.89. The second-order valence-corrected chi connectivity index (χ2v) is 12.5. The smallest absolute Gasteiger partial charge is 0.331 e. The van der Waals surface area contributed by atoms with Gasteiger partial charge in [-0.05, 0) is 72.2 Å². The number of carbonyl (C=O) groups is 2. The summed E-state index contributed by atoms with van der Waals surface area (Å²) in [6.07, 6.45) is -0.0878. The van der Waals surface area contributed by atoms with Crippen LogP contribution >= 0.6 is 0 Å². The number of benzene rings is 2. The summed E-state index contributed by atoms with van der Waals surface area (Å²) < 4.78 is 51.9. The third-order valence-corrected chi connectivity index (χ3v) is 10.7. The van der Waals surface area contributed by atoms with Crippen LogP contribution in [-0.2, 0) is 52.9 Å². The molecule has 4 atom stereocenters. The van der Waals surface area contributed by atoms with E-state index in [1.807, 2.05) is 76.2 Å². The molecule has 5 rings (SSSR count). The standard InChI is InChI=1S/C41H46O10/c1-13-31(42)50-40(35(46-9)25(5)23(3)33(44-7)37(40)48-11)39(29-21-17-15-19-27(29)28-20-16-18-22-30(28)39)41(51-32(43)14-2)36(47-10)26(6)24(4)34(45-8)38(41)49-12/h13-22,35-36H,1-2H2,3-12H3. The second kappa shape index (κ2) is 13.9. The molecule has 2 aromatic rings. The highest BCUT2D eigenvalue weighted by Crippen LogP contribution is 2.70. The van der Waals surface area contributed by atoms with Crippen molar-refractivity contribution in [3.63, 3.8) is 0 Å². The van der Waals surface area contributed by atoms with E-state index < -0.39 is 40.8 Å². The predicted molar refractivity (Wildman–Crippen MR) is 191 cm³/mol. The van der Waals surface area contributed by atoms with Gasteiger partial charge in [0.05, 0.1) is 28.4 Å². The number of methoxy groups -OCH3 is 6. The average Bonchev–Trinajstić information content (AvgIpc) is 3.45. The van der Waals surface area contributed by atoms with Gasteiger partial charge in [-0.3, -0.25) is 0 Å². The molecule has 0 aliphatic heterocycles. The molecule has 0 saturated carbocycles. The molecule has 10 heteroatoms. The first kappa shape index (κ1) is 37.2. The number of allylic oxidation sites excluding steroid dienone is 2. The fourth-order valence-corrected chi connectivity index (χ4v) is 8.74. The van der Waals surface area contributed by atoms with Crippen molar-refractivity contribution in [3.8, 4) is 11.1 Å². The van der Waals surface area contributed by atoms with Gasteiger partial charge in [-0.2, -0.15) is 0 Å². The van der Waals surface area contributed by atoms with Crippen LogP contribution in [0.1, 0.15) is 38.8 Å². The van der Waals surface area contributed by atoms with Gasteiger partial charge in [0.2, 0.25) is 11.2 Å². The van der Waals surface area contributed by atoms with Gasteiger partial charge in [0.15, 0.2) is 23.0 Å². The molecule has 0 heterocycles. The number of esters is 2. The molecular weight excluding hydrogens is 652 g/mol. The van der Waals surface area contributed by atoms with Crippen LogP contribution in [-0.4, -0.2) is 78.0 Å². The maximum atomic E-state index is 14.2. The minimum atomic E-state index is -2.11. The Morgan fingerprint density at radius 1 is 0.588 bits per heavy atom. The average molecular weight is 699 g/mol. The molecule has 0 spiro atoms. The Morgan fingerprint density at radius 3 is 1.24 bits per heavy atom. The maximum absolute atomic E-state index is 14.2. The summed E-state index contributed by atoms with van der Waals surface area (Å²) in [5.41, 5.74) is -0.720. The number of rotatable bonds is 12. The van der Waals surface area contributed by atoms with E-state index in [1.165, 1.54) is 42.7 Å². The summed E-state index contributed by atoms with van der Waals surface area (Å²) in [5, 5.41) is 0. The minimum absolute atomic E-state index is 0.0869. The zero-order valence-electron chi connectivity index (χ0n) is 30.9. The number of carbonyl (C=O) groups excluding carboxylic acids is 2. The van der Waals surface area contributed by atoms with Crippen molar-refractivity contribution >= 4 is 11.9 Å². The first-order valence-corrected chi connectivity index (χ1v) is 16.4. The van der Waals surface area contributed by atoms with Gasteiger partial charge in [-0.1, -0.05) is 61.7 Å². The lowest BCUT2D eigenvalue weighted by Crippen LogP contribution is -2.77. The van der Waals surface area contributed by atoms with E-state index in [4.69, 9.17) is 37.9 Å². The molecular formula is C41H46O10. The lowest BCUT2D eigenvalue weighted by Gasteiger charge is -2.62. The lowest BCUT2D eigenvalue weighted by molar-refractivity contribution is -0.230. The highest BCUT2D eigenvalue weighted by Gasteiger charge is 2.82. The van der Waals surface area contributed by atoms with E-state index in [9.17, 15) is 9.59 Å². The van der Waals surface area contributed by atoms with Crippen molar-refractivity contribution in [2.75, 3.05) is 42.7 Å². The summed E-state index contributed by atoms with van der Waals surface area (Å²) in [6, 6.07) is 15.3. The molecule has 0 bridgehead atoms. The van der Waals surface area contributed by atoms with Crippen molar-refractivity contribution < 1.29 is 47.5 Å². The van der Waals surface area contributed by atoms with E-state index in [1.54, 1.807) is 0 Å². The Bertz CT molecular complexity index is 1770. The molecule has 4 unspecified atom stereocenters. The minimum Gasteiger partial charge on any atom is -0.493 e. The zero-order chi connectivity index (χ0) is 37.5. The third-order valence-electron chi connectivity index (χ3n) is 10.7. The van der Waals surface area contributed by atoms with Gasteiger partial charge in [-0.15, -0.1) is 0 Å². The molecule has 3 aliphatic rings. The molecule has 3 aliphatic carbocycles. The highest BCUT2D eigenvalue weighted by atomic mass is 16.6. The Kier molecular flexibility index (Phi) is 10.2. The Morgan fingerprint density at radius 2 is 0.941 bits per heavy atom. The van der Waals surface area contributed by atoms with Gasteiger partial charge in [0.25, 0.3) is 0 Å². The van der Waals surface area contributed by atoms with E-state index >= 15 is 0 Å². The van der Waals surface area contributed by atoms with Crippen molar-refractivity contribution in [3.05, 3.63) is 130 Å². The summed E-state index contributed by atoms with van der Waals surface area (Å²) in [6.45, 7) is 15.0. The van der Waals surface area contributed by atoms with Crippen LogP contribution in [0.25, 0.3) is 11.1 Å². The monoisotopic (exact) mass is 698 g/mol. The number of fused-ring (bicyclic) bond motifs is 3. The zero-order valence-corrected chi connectivity index (χ0v) is 30.9. The second-order valence-electron chi connectivity index (χ2n) is 12.5. The van der Waals surface area contributed by atoms with Crippen molar-refractivity contribution in [2.24, 2.45) is 0 Å². The topological polar surface area (TPSA) is 108 Å². The summed E-state index contributed by atoms with van der Waals surface area (Å²) >= 11 is 0. The lowest BCUT2D eigenvalue weighted by atomic mass is 9.48. The van der Waals surface area contributed by atoms with E-state index in [0.717, 1.165) is 23.3 Å². The van der Waals surface area contributed by atoms with Crippen LogP contribution in [0.2, 0.25) is 0 Å². The first-order chi connectivity index (χ1) is 24.4. The fourth-order valence-electron chi connectivity index (χ4n) is 8.74. The molecule has 2 aromatic carbocycles. The Hall–Kier alpha value is -5.06.